The molecule has 1 aromatic heterocycles. The van der Waals surface area contributed by atoms with Gasteiger partial charge in [0.2, 0.25) is 0 Å². The topological polar surface area (TPSA) is 76.2 Å². The molecule has 0 fully saturated rings. The van der Waals surface area contributed by atoms with Crippen LogP contribution in [0.15, 0.2) is 18.2 Å². The molecular formula is C14H17N3O3. The van der Waals surface area contributed by atoms with Gasteiger partial charge in [0.15, 0.2) is 17.2 Å². The summed E-state index contributed by atoms with van der Waals surface area (Å²) in [4.78, 5) is 12.1. The number of rotatable bonds is 4. The van der Waals surface area contributed by atoms with Crippen LogP contribution in [0, 0.1) is 13.8 Å². The second-order valence-electron chi connectivity index (χ2n) is 4.35. The van der Waals surface area contributed by atoms with Crippen molar-refractivity contribution in [2.75, 3.05) is 19.5 Å². The van der Waals surface area contributed by atoms with Crippen LogP contribution in [0.25, 0.3) is 0 Å². The molecule has 0 radical (unpaired) electrons. The number of carbonyl (C=O) groups is 1. The summed E-state index contributed by atoms with van der Waals surface area (Å²) >= 11 is 0. The smallest absolute Gasteiger partial charge is 0.276 e. The lowest BCUT2D eigenvalue weighted by Gasteiger charge is -2.10. The van der Waals surface area contributed by atoms with Crippen molar-refractivity contribution in [3.63, 3.8) is 0 Å². The van der Waals surface area contributed by atoms with E-state index in [1.165, 1.54) is 0 Å². The molecule has 6 nitrogen and oxygen atoms in total. The number of H-pyrrole nitrogens is 1. The Morgan fingerprint density at radius 3 is 2.45 bits per heavy atom. The first kappa shape index (κ1) is 13.9. The van der Waals surface area contributed by atoms with Gasteiger partial charge in [0.05, 0.1) is 14.2 Å². The summed E-state index contributed by atoms with van der Waals surface area (Å²) in [5, 5.41) is 9.57. The molecule has 0 unspecified atom stereocenters. The molecule has 2 aromatic rings. The van der Waals surface area contributed by atoms with Crippen molar-refractivity contribution in [2.24, 2.45) is 0 Å². The van der Waals surface area contributed by atoms with Crippen molar-refractivity contribution < 1.29 is 14.3 Å². The van der Waals surface area contributed by atoms with Gasteiger partial charge in [-0.15, -0.1) is 0 Å². The van der Waals surface area contributed by atoms with E-state index >= 15 is 0 Å². The molecule has 0 aliphatic heterocycles. The summed E-state index contributed by atoms with van der Waals surface area (Å²) in [5.41, 5.74) is 2.72. The molecule has 1 aromatic carbocycles. The van der Waals surface area contributed by atoms with E-state index in [4.69, 9.17) is 9.47 Å². The third-order valence-corrected chi connectivity index (χ3v) is 3.11. The Balaban J connectivity index is 2.22. The van der Waals surface area contributed by atoms with Crippen molar-refractivity contribution >= 4 is 11.6 Å². The van der Waals surface area contributed by atoms with Gasteiger partial charge < -0.3 is 14.8 Å². The number of benzene rings is 1. The molecule has 0 saturated heterocycles. The number of nitrogens with one attached hydrogen (secondary N) is 2. The monoisotopic (exact) mass is 275 g/mol. The van der Waals surface area contributed by atoms with E-state index in [-0.39, 0.29) is 5.91 Å². The fraction of sp³-hybridized carbons (Fsp3) is 0.286. The van der Waals surface area contributed by atoms with Gasteiger partial charge in [-0.2, -0.15) is 5.10 Å². The largest absolute Gasteiger partial charge is 0.493 e. The maximum Gasteiger partial charge on any atom is 0.276 e. The first-order valence-corrected chi connectivity index (χ1v) is 6.11. The number of nitrogens with zero attached hydrogens (tertiary/aromatic N) is 1. The van der Waals surface area contributed by atoms with Crippen LogP contribution in [0.2, 0.25) is 0 Å². The Morgan fingerprint density at radius 1 is 1.20 bits per heavy atom. The lowest BCUT2D eigenvalue weighted by molar-refractivity contribution is 0.102. The Bertz CT molecular complexity index is 635. The maximum absolute atomic E-state index is 12.1. The lowest BCUT2D eigenvalue weighted by Crippen LogP contribution is -2.13. The molecule has 0 bridgehead atoms. The molecule has 0 atom stereocenters. The Labute approximate surface area is 117 Å². The van der Waals surface area contributed by atoms with E-state index in [2.05, 4.69) is 15.5 Å². The number of carbonyl (C=O) groups excluding carboxylic acids is 1. The van der Waals surface area contributed by atoms with Crippen molar-refractivity contribution in [3.05, 3.63) is 35.2 Å². The predicted molar refractivity (Wildman–Crippen MR) is 75.6 cm³/mol. The SMILES string of the molecule is COc1ccc(NC(=O)c2n[nH]c(C)c2C)cc1OC. The van der Waals surface area contributed by atoms with Gasteiger partial charge in [0, 0.05) is 23.0 Å². The predicted octanol–water partition coefficient (Wildman–Crippen LogP) is 2.30. The fourth-order valence-electron chi connectivity index (χ4n) is 1.81. The number of hydrogen-bond donors (Lipinski definition) is 2. The summed E-state index contributed by atoms with van der Waals surface area (Å²) in [5.74, 6) is 0.900. The summed E-state index contributed by atoms with van der Waals surface area (Å²) in [6, 6.07) is 5.18. The van der Waals surface area contributed by atoms with Crippen molar-refractivity contribution in [3.8, 4) is 11.5 Å². The van der Waals surface area contributed by atoms with Crippen LogP contribution in [-0.2, 0) is 0 Å². The van der Waals surface area contributed by atoms with Crippen LogP contribution in [0.4, 0.5) is 5.69 Å². The highest BCUT2D eigenvalue weighted by molar-refractivity contribution is 6.04. The van der Waals surface area contributed by atoms with E-state index < -0.39 is 0 Å². The van der Waals surface area contributed by atoms with E-state index in [0.29, 0.717) is 22.9 Å². The number of aromatic amines is 1. The molecule has 20 heavy (non-hydrogen) atoms. The number of anilines is 1. The van der Waals surface area contributed by atoms with Crippen molar-refractivity contribution in [1.82, 2.24) is 10.2 Å². The molecule has 1 amide bonds. The zero-order valence-corrected chi connectivity index (χ0v) is 11.9. The van der Waals surface area contributed by atoms with Crippen LogP contribution in [-0.4, -0.2) is 30.3 Å². The lowest BCUT2D eigenvalue weighted by atomic mass is 10.2. The number of methoxy groups -OCH3 is 2. The minimum Gasteiger partial charge on any atom is -0.493 e. The minimum absolute atomic E-state index is 0.265. The van der Waals surface area contributed by atoms with Gasteiger partial charge in [-0.3, -0.25) is 9.89 Å². The molecule has 0 aliphatic carbocycles. The third kappa shape index (κ3) is 2.59. The Hall–Kier alpha value is -2.50. The summed E-state index contributed by atoms with van der Waals surface area (Å²) in [7, 11) is 3.11. The maximum atomic E-state index is 12.1. The van der Waals surface area contributed by atoms with Gasteiger partial charge in [-0.25, -0.2) is 0 Å². The first-order chi connectivity index (χ1) is 9.56. The molecule has 0 saturated carbocycles. The highest BCUT2D eigenvalue weighted by atomic mass is 16.5. The van der Waals surface area contributed by atoms with Gasteiger partial charge in [-0.05, 0) is 26.0 Å². The van der Waals surface area contributed by atoms with Crippen LogP contribution >= 0.6 is 0 Å². The Morgan fingerprint density at radius 2 is 1.90 bits per heavy atom. The number of ether oxygens (including phenoxy) is 2. The normalized spacial score (nSPS) is 10.2. The van der Waals surface area contributed by atoms with E-state index in [9.17, 15) is 4.79 Å². The van der Waals surface area contributed by atoms with E-state index in [0.717, 1.165) is 11.3 Å². The standard InChI is InChI=1S/C14H17N3O3/c1-8-9(2)16-17-13(8)14(18)15-10-5-6-11(19-3)12(7-10)20-4/h5-7H,1-4H3,(H,15,18)(H,16,17). The summed E-state index contributed by atoms with van der Waals surface area (Å²) < 4.78 is 10.3. The molecule has 0 spiro atoms. The highest BCUT2D eigenvalue weighted by Gasteiger charge is 2.15. The van der Waals surface area contributed by atoms with Gasteiger partial charge in [-0.1, -0.05) is 0 Å². The number of aromatic nitrogens is 2. The number of amides is 1. The zero-order valence-electron chi connectivity index (χ0n) is 11.9. The van der Waals surface area contributed by atoms with Crippen molar-refractivity contribution in [1.29, 1.82) is 0 Å². The quantitative estimate of drug-likeness (QED) is 0.897. The van der Waals surface area contributed by atoms with Crippen LogP contribution in [0.3, 0.4) is 0 Å². The van der Waals surface area contributed by atoms with Crippen LogP contribution in [0.1, 0.15) is 21.7 Å². The first-order valence-electron chi connectivity index (χ1n) is 6.11. The van der Waals surface area contributed by atoms with E-state index in [1.807, 2.05) is 13.8 Å². The number of aryl methyl sites for hydroxylation is 1. The van der Waals surface area contributed by atoms with Gasteiger partial charge in [0.1, 0.15) is 0 Å². The van der Waals surface area contributed by atoms with Crippen molar-refractivity contribution in [2.45, 2.75) is 13.8 Å². The van der Waals surface area contributed by atoms with Crippen LogP contribution < -0.4 is 14.8 Å². The number of hydrogen-bond acceptors (Lipinski definition) is 4. The molecule has 2 N–H and O–H groups in total. The van der Waals surface area contributed by atoms with Gasteiger partial charge >= 0.3 is 0 Å². The highest BCUT2D eigenvalue weighted by Crippen LogP contribution is 2.29. The second-order valence-corrected chi connectivity index (χ2v) is 4.35. The summed E-state index contributed by atoms with van der Waals surface area (Å²) in [6.45, 7) is 3.72. The molecule has 1 heterocycles. The molecular weight excluding hydrogens is 258 g/mol. The minimum atomic E-state index is -0.265. The molecule has 6 heteroatoms. The molecule has 0 aliphatic rings. The molecule has 2 rings (SSSR count). The third-order valence-electron chi connectivity index (χ3n) is 3.11. The second kappa shape index (κ2) is 5.64. The average molecular weight is 275 g/mol. The van der Waals surface area contributed by atoms with E-state index in [1.54, 1.807) is 32.4 Å². The average Bonchev–Trinajstić information content (AvgIpc) is 2.79. The van der Waals surface area contributed by atoms with Crippen LogP contribution in [0.5, 0.6) is 11.5 Å². The zero-order chi connectivity index (χ0) is 14.7. The fourth-order valence-corrected chi connectivity index (χ4v) is 1.81. The van der Waals surface area contributed by atoms with Gasteiger partial charge in [0.25, 0.3) is 5.91 Å². The summed E-state index contributed by atoms with van der Waals surface area (Å²) in [6.07, 6.45) is 0. The Kier molecular flexibility index (Phi) is 3.93. The molecule has 106 valence electrons.